The summed E-state index contributed by atoms with van der Waals surface area (Å²) in [5.74, 6) is 2.01. The quantitative estimate of drug-likeness (QED) is 0.288. The van der Waals surface area contributed by atoms with Gasteiger partial charge in [-0.25, -0.2) is 4.98 Å². The summed E-state index contributed by atoms with van der Waals surface area (Å²) in [6, 6.07) is 16.4. The molecule has 0 bridgehead atoms. The highest BCUT2D eigenvalue weighted by atomic mass is 16.5. The maximum absolute atomic E-state index is 12.0. The number of aryl methyl sites for hydroxylation is 1. The summed E-state index contributed by atoms with van der Waals surface area (Å²) < 4.78 is 5.79. The summed E-state index contributed by atoms with van der Waals surface area (Å²) in [4.78, 5) is 24.1. The monoisotopic (exact) mass is 555 g/mol. The molecule has 5 rings (SSSR count). The number of anilines is 7. The van der Waals surface area contributed by atoms with Gasteiger partial charge in [0.1, 0.15) is 11.6 Å². The maximum atomic E-state index is 12.0. The topological polar surface area (TPSA) is 85.0 Å². The SMILES string of the molecule is C=CC(=O)Nc1cc(Nc2nc(Nc3ccc(N4CCN(C)CC4)cc3OC)ccc2N2CCCCC2)ccc1C. The van der Waals surface area contributed by atoms with Gasteiger partial charge in [0.2, 0.25) is 5.91 Å². The molecule has 41 heavy (non-hydrogen) atoms. The summed E-state index contributed by atoms with van der Waals surface area (Å²) in [5, 5.41) is 9.90. The standard InChI is InChI=1S/C32H41N7O2/c1-5-31(40)35-27-21-24(10-9-23(27)2)33-32-28(39-15-7-6-8-16-39)13-14-30(36-32)34-26-12-11-25(22-29(26)41-4)38-19-17-37(3)18-20-38/h5,9-14,21-22H,1,6-8,15-20H2,2-4H3,(H,35,40)(H2,33,34,36). The van der Waals surface area contributed by atoms with Gasteiger partial charge in [-0.15, -0.1) is 0 Å². The van der Waals surface area contributed by atoms with E-state index in [1.54, 1.807) is 7.11 Å². The number of benzene rings is 2. The molecule has 2 fully saturated rings. The van der Waals surface area contributed by atoms with Gasteiger partial charge in [-0.05, 0) is 81.3 Å². The molecule has 3 aromatic rings. The van der Waals surface area contributed by atoms with Crippen molar-refractivity contribution < 1.29 is 9.53 Å². The second-order valence-electron chi connectivity index (χ2n) is 10.8. The minimum Gasteiger partial charge on any atom is -0.494 e. The van der Waals surface area contributed by atoms with Gasteiger partial charge in [-0.2, -0.15) is 0 Å². The molecule has 9 nitrogen and oxygen atoms in total. The number of likely N-dealkylation sites (N-methyl/N-ethyl adjacent to an activating group) is 1. The van der Waals surface area contributed by atoms with Gasteiger partial charge in [-0.1, -0.05) is 12.6 Å². The molecule has 2 saturated heterocycles. The molecule has 1 aromatic heterocycles. The Balaban J connectivity index is 1.42. The summed E-state index contributed by atoms with van der Waals surface area (Å²) >= 11 is 0. The molecule has 2 aliphatic rings. The van der Waals surface area contributed by atoms with Crippen molar-refractivity contribution in [2.45, 2.75) is 26.2 Å². The molecular weight excluding hydrogens is 514 g/mol. The number of pyridine rings is 1. The Morgan fingerprint density at radius 2 is 1.68 bits per heavy atom. The molecule has 2 aliphatic heterocycles. The first-order valence-corrected chi connectivity index (χ1v) is 14.4. The zero-order valence-electron chi connectivity index (χ0n) is 24.4. The first-order valence-electron chi connectivity index (χ1n) is 14.4. The van der Waals surface area contributed by atoms with Gasteiger partial charge in [0.15, 0.2) is 5.82 Å². The smallest absolute Gasteiger partial charge is 0.247 e. The third-order valence-corrected chi connectivity index (χ3v) is 7.83. The second-order valence-corrected chi connectivity index (χ2v) is 10.8. The lowest BCUT2D eigenvalue weighted by atomic mass is 10.1. The molecule has 216 valence electrons. The average Bonchev–Trinajstić information content (AvgIpc) is 3.00. The van der Waals surface area contributed by atoms with Crippen LogP contribution >= 0.6 is 0 Å². The van der Waals surface area contributed by atoms with Crippen molar-refractivity contribution in [3.63, 3.8) is 0 Å². The van der Waals surface area contributed by atoms with Crippen LogP contribution in [0.3, 0.4) is 0 Å². The van der Waals surface area contributed by atoms with Crippen LogP contribution in [0.1, 0.15) is 24.8 Å². The Morgan fingerprint density at radius 3 is 2.41 bits per heavy atom. The number of nitrogens with one attached hydrogen (secondary N) is 3. The van der Waals surface area contributed by atoms with Crippen molar-refractivity contribution in [2.24, 2.45) is 0 Å². The van der Waals surface area contributed by atoms with E-state index in [1.165, 1.54) is 25.3 Å². The molecule has 9 heteroatoms. The van der Waals surface area contributed by atoms with E-state index in [0.29, 0.717) is 5.82 Å². The Bertz CT molecular complexity index is 1380. The van der Waals surface area contributed by atoms with E-state index in [1.807, 2.05) is 31.2 Å². The molecule has 0 unspecified atom stereocenters. The van der Waals surface area contributed by atoms with Crippen LogP contribution < -0.4 is 30.5 Å². The highest BCUT2D eigenvalue weighted by Gasteiger charge is 2.19. The number of hydrogen-bond donors (Lipinski definition) is 3. The van der Waals surface area contributed by atoms with Crippen LogP contribution in [0.4, 0.5) is 40.1 Å². The molecule has 0 aliphatic carbocycles. The highest BCUT2D eigenvalue weighted by molar-refractivity contribution is 5.99. The Hall–Kier alpha value is -4.24. The summed E-state index contributed by atoms with van der Waals surface area (Å²) in [5.41, 5.74) is 5.63. The first kappa shape index (κ1) is 28.3. The summed E-state index contributed by atoms with van der Waals surface area (Å²) in [6.07, 6.45) is 4.86. The normalized spacial score (nSPS) is 15.8. The molecule has 3 N–H and O–H groups in total. The second kappa shape index (κ2) is 13.0. The van der Waals surface area contributed by atoms with E-state index in [0.717, 1.165) is 84.8 Å². The molecule has 0 saturated carbocycles. The average molecular weight is 556 g/mol. The molecule has 0 atom stereocenters. The third-order valence-electron chi connectivity index (χ3n) is 7.83. The fourth-order valence-corrected chi connectivity index (χ4v) is 5.34. The van der Waals surface area contributed by atoms with Gasteiger partial charge in [0, 0.05) is 62.4 Å². The van der Waals surface area contributed by atoms with E-state index < -0.39 is 0 Å². The Kier molecular flexibility index (Phi) is 8.94. The number of carbonyl (C=O) groups is 1. The van der Waals surface area contributed by atoms with E-state index in [-0.39, 0.29) is 5.91 Å². The number of nitrogens with zero attached hydrogens (tertiary/aromatic N) is 4. The van der Waals surface area contributed by atoms with Gasteiger partial charge in [-0.3, -0.25) is 4.79 Å². The molecule has 0 spiro atoms. The maximum Gasteiger partial charge on any atom is 0.247 e. The predicted molar refractivity (Wildman–Crippen MR) is 170 cm³/mol. The number of ether oxygens (including phenoxy) is 1. The molecule has 2 aromatic carbocycles. The highest BCUT2D eigenvalue weighted by Crippen LogP contribution is 2.35. The van der Waals surface area contributed by atoms with E-state index in [2.05, 4.69) is 68.5 Å². The number of carbonyl (C=O) groups excluding carboxylic acids is 1. The Labute approximate surface area is 243 Å². The van der Waals surface area contributed by atoms with E-state index >= 15 is 0 Å². The van der Waals surface area contributed by atoms with Crippen molar-refractivity contribution in [1.29, 1.82) is 0 Å². The van der Waals surface area contributed by atoms with Gasteiger partial charge < -0.3 is 35.4 Å². The van der Waals surface area contributed by atoms with Crippen LogP contribution in [0.25, 0.3) is 0 Å². The van der Waals surface area contributed by atoms with Crippen molar-refractivity contribution in [3.05, 3.63) is 66.7 Å². The van der Waals surface area contributed by atoms with Crippen molar-refractivity contribution >= 4 is 46.0 Å². The molecule has 0 radical (unpaired) electrons. The molecular formula is C32H41N7O2. The van der Waals surface area contributed by atoms with Gasteiger partial charge in [0.25, 0.3) is 0 Å². The van der Waals surface area contributed by atoms with Crippen LogP contribution in [0.2, 0.25) is 0 Å². The lowest BCUT2D eigenvalue weighted by Crippen LogP contribution is -2.44. The number of piperidine rings is 1. The summed E-state index contributed by atoms with van der Waals surface area (Å²) in [6.45, 7) is 11.6. The largest absolute Gasteiger partial charge is 0.494 e. The number of amides is 1. The number of hydrogen-bond acceptors (Lipinski definition) is 8. The number of rotatable bonds is 9. The van der Waals surface area contributed by atoms with Crippen molar-refractivity contribution in [3.8, 4) is 5.75 Å². The number of methoxy groups -OCH3 is 1. The van der Waals surface area contributed by atoms with Crippen molar-refractivity contribution in [1.82, 2.24) is 9.88 Å². The predicted octanol–water partition coefficient (Wildman–Crippen LogP) is 5.75. The van der Waals surface area contributed by atoms with Gasteiger partial charge in [0.05, 0.1) is 18.5 Å². The van der Waals surface area contributed by atoms with Crippen LogP contribution in [0.5, 0.6) is 5.75 Å². The fourth-order valence-electron chi connectivity index (χ4n) is 5.34. The van der Waals surface area contributed by atoms with Crippen LogP contribution in [0, 0.1) is 6.92 Å². The van der Waals surface area contributed by atoms with Gasteiger partial charge >= 0.3 is 0 Å². The first-order chi connectivity index (χ1) is 19.9. The van der Waals surface area contributed by atoms with Crippen LogP contribution in [-0.4, -0.2) is 69.2 Å². The lowest BCUT2D eigenvalue weighted by molar-refractivity contribution is -0.111. The molecule has 1 amide bonds. The summed E-state index contributed by atoms with van der Waals surface area (Å²) in [7, 11) is 3.87. The zero-order chi connectivity index (χ0) is 28.8. The molecule has 3 heterocycles. The zero-order valence-corrected chi connectivity index (χ0v) is 24.4. The third kappa shape index (κ3) is 6.92. The fraction of sp³-hybridized carbons (Fsp3) is 0.375. The number of piperazine rings is 1. The lowest BCUT2D eigenvalue weighted by Gasteiger charge is -2.34. The van der Waals surface area contributed by atoms with Crippen LogP contribution in [0.15, 0.2) is 61.2 Å². The minimum atomic E-state index is -0.240. The number of aromatic nitrogens is 1. The van der Waals surface area contributed by atoms with Crippen LogP contribution in [-0.2, 0) is 4.79 Å². The van der Waals surface area contributed by atoms with Crippen molar-refractivity contribution in [2.75, 3.05) is 79.2 Å². The van der Waals surface area contributed by atoms with E-state index in [9.17, 15) is 4.79 Å². The van der Waals surface area contributed by atoms with E-state index in [4.69, 9.17) is 9.72 Å². The minimum absolute atomic E-state index is 0.240. The Morgan fingerprint density at radius 1 is 0.902 bits per heavy atom.